The molecule has 306 valence electrons. The fourth-order valence-corrected chi connectivity index (χ4v) is 7.94. The zero-order valence-electron chi connectivity index (χ0n) is 36.6. The van der Waals surface area contributed by atoms with Crippen LogP contribution >= 0.6 is 0 Å². The first-order valence-corrected chi connectivity index (χ1v) is 21.8. The van der Waals surface area contributed by atoms with Gasteiger partial charge in [0.15, 0.2) is 0 Å². The molecule has 1 nitrogen and oxygen atoms in total. The number of nitrogens with zero attached hydrogens (tertiary/aromatic N) is 1. The zero-order chi connectivity index (χ0) is 43.4. The molecule has 0 unspecified atom stereocenters. The van der Waals surface area contributed by atoms with Crippen molar-refractivity contribution in [3.05, 3.63) is 265 Å². The van der Waals surface area contributed by atoms with Gasteiger partial charge in [0.25, 0.3) is 0 Å². The minimum atomic E-state index is 1.18. The van der Waals surface area contributed by atoms with E-state index in [1.165, 1.54) is 94.3 Å². The number of aromatic nitrogens is 1. The third-order valence-electron chi connectivity index (χ3n) is 11.3. The Morgan fingerprint density at radius 1 is 0.317 bits per heavy atom. The van der Waals surface area contributed by atoms with Crippen molar-refractivity contribution in [2.45, 2.75) is 27.7 Å². The molecule has 0 N–H and O–H groups in total. The molecule has 1 aromatic heterocycles. The Labute approximate surface area is 373 Å². The minimum absolute atomic E-state index is 1.18. The molecule has 1 heterocycles. The van der Waals surface area contributed by atoms with E-state index in [-0.39, 0.29) is 0 Å². The van der Waals surface area contributed by atoms with Crippen molar-refractivity contribution in [1.29, 1.82) is 0 Å². The summed E-state index contributed by atoms with van der Waals surface area (Å²) in [5.41, 5.74) is 18.8. The normalized spacial score (nSPS) is 11.0. The Morgan fingerprint density at radius 2 is 0.794 bits per heavy atom. The first-order chi connectivity index (χ1) is 30.9. The molecule has 0 aliphatic rings. The lowest BCUT2D eigenvalue weighted by atomic mass is 9.99. The molecule has 0 fully saturated rings. The number of fused-ring (bicyclic) bond motifs is 3. The molecule has 0 saturated heterocycles. The molecule has 10 rings (SSSR count). The van der Waals surface area contributed by atoms with Gasteiger partial charge in [0.05, 0.1) is 11.0 Å². The van der Waals surface area contributed by atoms with Crippen LogP contribution in [0.25, 0.3) is 78.1 Å². The molecule has 9 aromatic carbocycles. The van der Waals surface area contributed by atoms with E-state index < -0.39 is 0 Å². The van der Waals surface area contributed by atoms with Gasteiger partial charge in [-0.15, -0.1) is 0 Å². The summed E-state index contributed by atoms with van der Waals surface area (Å²) >= 11 is 0. The SMILES string of the molecule is C/C=C\C=C/c1cccc(C)c1.Cc1ccc(-c2ccc3c(c2)c2ccccc2n3-c2cccc(-c3ccccc3)c2)cc1.Cc1ccc(-c2cccc(-c3ccccc3)c2)cc1. The van der Waals surface area contributed by atoms with E-state index in [4.69, 9.17) is 0 Å². The van der Waals surface area contributed by atoms with Crippen LogP contribution in [0.1, 0.15) is 29.2 Å². The highest BCUT2D eigenvalue weighted by atomic mass is 15.0. The molecule has 0 spiro atoms. The Balaban J connectivity index is 0.000000148. The summed E-state index contributed by atoms with van der Waals surface area (Å²) in [4.78, 5) is 0. The van der Waals surface area contributed by atoms with Crippen LogP contribution in [0.3, 0.4) is 0 Å². The smallest absolute Gasteiger partial charge is 0.0541 e. The predicted molar refractivity (Wildman–Crippen MR) is 273 cm³/mol. The van der Waals surface area contributed by atoms with Crippen LogP contribution in [-0.2, 0) is 0 Å². The number of rotatable bonds is 7. The average molecular weight is 812 g/mol. The highest BCUT2D eigenvalue weighted by molar-refractivity contribution is 6.10. The van der Waals surface area contributed by atoms with Crippen molar-refractivity contribution < 1.29 is 0 Å². The van der Waals surface area contributed by atoms with E-state index in [1.54, 1.807) is 0 Å². The van der Waals surface area contributed by atoms with Crippen molar-refractivity contribution in [2.75, 3.05) is 0 Å². The van der Waals surface area contributed by atoms with Gasteiger partial charge in [0, 0.05) is 16.5 Å². The first kappa shape index (κ1) is 42.0. The second kappa shape index (κ2) is 20.2. The second-order valence-corrected chi connectivity index (χ2v) is 16.0. The Morgan fingerprint density at radius 3 is 1.40 bits per heavy atom. The standard InChI is InChI=1S/C31H23N.C19H16.C12H14/c1-22-14-16-24(17-15-22)26-18-19-31-29(21-26)28-12-5-6-13-30(28)32(31)27-11-7-10-25(20-27)23-8-3-2-4-9-23;1-15-10-12-17(13-11-15)19-9-5-8-18(14-19)16-6-3-2-4-7-16;1-3-4-5-8-12-9-6-7-11(2)10-12/h2-21H,1H3;2-14H,1H3;3-10H,1-2H3/b;;4-3-,8-5-. The summed E-state index contributed by atoms with van der Waals surface area (Å²) in [6, 6.07) is 80.0. The maximum Gasteiger partial charge on any atom is 0.0541 e. The van der Waals surface area contributed by atoms with E-state index in [1.807, 2.05) is 25.1 Å². The number of aryl methyl sites for hydroxylation is 3. The van der Waals surface area contributed by atoms with Crippen molar-refractivity contribution >= 4 is 27.9 Å². The van der Waals surface area contributed by atoms with Gasteiger partial charge < -0.3 is 4.57 Å². The predicted octanol–water partition coefficient (Wildman–Crippen LogP) is 17.3. The van der Waals surface area contributed by atoms with Crippen molar-refractivity contribution in [2.24, 2.45) is 0 Å². The van der Waals surface area contributed by atoms with Gasteiger partial charge in [0.2, 0.25) is 0 Å². The lowest BCUT2D eigenvalue weighted by Crippen LogP contribution is -1.94. The third-order valence-corrected chi connectivity index (χ3v) is 11.3. The van der Waals surface area contributed by atoms with Crippen LogP contribution in [0.5, 0.6) is 0 Å². The molecule has 0 atom stereocenters. The molecule has 63 heavy (non-hydrogen) atoms. The van der Waals surface area contributed by atoms with Gasteiger partial charge in [-0.25, -0.2) is 0 Å². The largest absolute Gasteiger partial charge is 0.309 e. The second-order valence-electron chi connectivity index (χ2n) is 16.0. The number of allylic oxidation sites excluding steroid dienone is 3. The highest BCUT2D eigenvalue weighted by Crippen LogP contribution is 2.36. The number of hydrogen-bond acceptors (Lipinski definition) is 0. The van der Waals surface area contributed by atoms with Crippen LogP contribution in [0.2, 0.25) is 0 Å². The molecular formula is C62H53N. The maximum atomic E-state index is 2.38. The van der Waals surface area contributed by atoms with Crippen molar-refractivity contribution in [1.82, 2.24) is 4.57 Å². The first-order valence-electron chi connectivity index (χ1n) is 21.8. The van der Waals surface area contributed by atoms with Gasteiger partial charge in [-0.3, -0.25) is 0 Å². The Hall–Kier alpha value is -7.74. The van der Waals surface area contributed by atoms with Crippen LogP contribution in [0, 0.1) is 20.8 Å². The molecule has 0 radical (unpaired) electrons. The molecule has 10 aromatic rings. The van der Waals surface area contributed by atoms with Crippen molar-refractivity contribution in [3.63, 3.8) is 0 Å². The summed E-state index contributed by atoms with van der Waals surface area (Å²) in [5, 5.41) is 2.56. The molecule has 0 aliphatic carbocycles. The van der Waals surface area contributed by atoms with E-state index in [0.717, 1.165) is 0 Å². The van der Waals surface area contributed by atoms with Crippen LogP contribution in [0.4, 0.5) is 0 Å². The monoisotopic (exact) mass is 811 g/mol. The summed E-state index contributed by atoms with van der Waals surface area (Å²) in [6.07, 6.45) is 8.20. The lowest BCUT2D eigenvalue weighted by molar-refractivity contribution is 1.18. The Bertz CT molecular complexity index is 3110. The average Bonchev–Trinajstić information content (AvgIpc) is 3.67. The summed E-state index contributed by atoms with van der Waals surface area (Å²) in [7, 11) is 0. The van der Waals surface area contributed by atoms with E-state index in [0.29, 0.717) is 0 Å². The van der Waals surface area contributed by atoms with Crippen LogP contribution in [0.15, 0.2) is 243 Å². The quantitative estimate of drug-likeness (QED) is 0.141. The summed E-state index contributed by atoms with van der Waals surface area (Å²) in [6.45, 7) is 8.36. The Kier molecular flexibility index (Phi) is 13.5. The van der Waals surface area contributed by atoms with E-state index in [2.05, 4.69) is 256 Å². The van der Waals surface area contributed by atoms with Gasteiger partial charge in [-0.1, -0.05) is 229 Å². The van der Waals surface area contributed by atoms with Crippen LogP contribution < -0.4 is 0 Å². The number of benzene rings is 9. The molecule has 0 bridgehead atoms. The molecule has 0 amide bonds. The van der Waals surface area contributed by atoms with Gasteiger partial charge >= 0.3 is 0 Å². The van der Waals surface area contributed by atoms with E-state index >= 15 is 0 Å². The molecule has 0 aliphatic heterocycles. The fourth-order valence-electron chi connectivity index (χ4n) is 7.94. The van der Waals surface area contributed by atoms with Crippen molar-refractivity contribution in [3.8, 4) is 50.2 Å². The lowest BCUT2D eigenvalue weighted by Gasteiger charge is -2.11. The molecular weight excluding hydrogens is 759 g/mol. The van der Waals surface area contributed by atoms with Gasteiger partial charge in [-0.2, -0.15) is 0 Å². The molecule has 0 saturated carbocycles. The topological polar surface area (TPSA) is 4.93 Å². The summed E-state index contributed by atoms with van der Waals surface area (Å²) in [5.74, 6) is 0. The van der Waals surface area contributed by atoms with Crippen LogP contribution in [-0.4, -0.2) is 4.57 Å². The van der Waals surface area contributed by atoms with E-state index in [9.17, 15) is 0 Å². The highest BCUT2D eigenvalue weighted by Gasteiger charge is 2.14. The maximum absolute atomic E-state index is 2.38. The zero-order valence-corrected chi connectivity index (χ0v) is 36.6. The molecule has 1 heteroatoms. The van der Waals surface area contributed by atoms with Gasteiger partial charge in [-0.05, 0) is 114 Å². The summed E-state index contributed by atoms with van der Waals surface area (Å²) < 4.78 is 2.38. The fraction of sp³-hybridized carbons (Fsp3) is 0.0645. The minimum Gasteiger partial charge on any atom is -0.309 e. The third kappa shape index (κ3) is 10.4. The number of hydrogen-bond donors (Lipinski definition) is 0. The number of para-hydroxylation sites is 1. The van der Waals surface area contributed by atoms with Gasteiger partial charge in [0.1, 0.15) is 0 Å².